The van der Waals surface area contributed by atoms with Crippen molar-refractivity contribution >= 4 is 17.8 Å². The fourth-order valence-corrected chi connectivity index (χ4v) is 3.69. The topological polar surface area (TPSA) is 86.7 Å². The fraction of sp³-hybridized carbons (Fsp3) is 0.800. The van der Waals surface area contributed by atoms with Gasteiger partial charge in [-0.25, -0.2) is 4.79 Å². The van der Waals surface area contributed by atoms with Crippen molar-refractivity contribution in [3.63, 3.8) is 0 Å². The second kappa shape index (κ2) is 6.91. The first-order valence-corrected chi connectivity index (χ1v) is 7.79. The van der Waals surface area contributed by atoms with Crippen LogP contribution in [0.5, 0.6) is 0 Å². The second-order valence-electron chi connectivity index (χ2n) is 6.03. The third kappa shape index (κ3) is 3.54. The summed E-state index contributed by atoms with van der Waals surface area (Å²) in [4.78, 5) is 36.6. The van der Waals surface area contributed by atoms with Gasteiger partial charge >= 0.3 is 5.97 Å². The first-order chi connectivity index (χ1) is 10.0. The van der Waals surface area contributed by atoms with Crippen LogP contribution >= 0.6 is 0 Å². The molecule has 0 bridgehead atoms. The summed E-state index contributed by atoms with van der Waals surface area (Å²) in [6.45, 7) is 0. The molecule has 6 heteroatoms. The maximum Gasteiger partial charge on any atom is 0.326 e. The summed E-state index contributed by atoms with van der Waals surface area (Å²) in [6, 6.07) is -0.585. The van der Waals surface area contributed by atoms with Crippen molar-refractivity contribution in [1.29, 1.82) is 0 Å². The molecule has 2 aliphatic rings. The Morgan fingerprint density at radius 1 is 1.19 bits per heavy atom. The van der Waals surface area contributed by atoms with Crippen LogP contribution in [0.25, 0.3) is 0 Å². The molecule has 2 rings (SSSR count). The van der Waals surface area contributed by atoms with Crippen LogP contribution in [-0.4, -0.2) is 46.9 Å². The number of nitrogens with one attached hydrogen (secondary N) is 1. The molecule has 1 heterocycles. The molecule has 2 amide bonds. The van der Waals surface area contributed by atoms with Crippen LogP contribution in [0.3, 0.4) is 0 Å². The molecule has 1 saturated carbocycles. The van der Waals surface area contributed by atoms with Crippen LogP contribution < -0.4 is 5.32 Å². The van der Waals surface area contributed by atoms with Crippen molar-refractivity contribution in [2.24, 2.45) is 5.92 Å². The van der Waals surface area contributed by atoms with Crippen LogP contribution in [0.15, 0.2) is 0 Å². The number of carboxylic acids is 1. The average Bonchev–Trinajstić information content (AvgIpc) is 2.86. The third-order valence-electron chi connectivity index (χ3n) is 4.73. The minimum atomic E-state index is -0.899. The molecule has 0 spiro atoms. The number of amides is 2. The number of nitrogens with zero attached hydrogens (tertiary/aromatic N) is 1. The number of hydrogen-bond donors (Lipinski definition) is 2. The third-order valence-corrected chi connectivity index (χ3v) is 4.73. The summed E-state index contributed by atoms with van der Waals surface area (Å²) < 4.78 is 0. The second-order valence-corrected chi connectivity index (χ2v) is 6.03. The lowest BCUT2D eigenvalue weighted by molar-refractivity contribution is -0.150. The van der Waals surface area contributed by atoms with E-state index in [0.717, 1.165) is 25.7 Å². The van der Waals surface area contributed by atoms with Gasteiger partial charge in [-0.15, -0.1) is 0 Å². The molecule has 0 radical (unpaired) electrons. The Bertz CT molecular complexity index is 424. The van der Waals surface area contributed by atoms with E-state index in [1.165, 1.54) is 0 Å². The fourth-order valence-electron chi connectivity index (χ4n) is 3.69. The Kier molecular flexibility index (Phi) is 5.20. The molecule has 2 N–H and O–H groups in total. The van der Waals surface area contributed by atoms with Gasteiger partial charge in [0, 0.05) is 25.9 Å². The smallest absolute Gasteiger partial charge is 0.326 e. The van der Waals surface area contributed by atoms with E-state index in [0.29, 0.717) is 25.2 Å². The molecule has 0 aromatic rings. The van der Waals surface area contributed by atoms with Gasteiger partial charge in [0.1, 0.15) is 6.04 Å². The molecule has 3 unspecified atom stereocenters. The van der Waals surface area contributed by atoms with E-state index in [1.54, 1.807) is 11.9 Å². The number of hydrogen-bond acceptors (Lipinski definition) is 3. The Hall–Kier alpha value is -1.59. The first-order valence-electron chi connectivity index (χ1n) is 7.79. The van der Waals surface area contributed by atoms with E-state index < -0.39 is 12.0 Å². The largest absolute Gasteiger partial charge is 0.480 e. The van der Waals surface area contributed by atoms with Crippen molar-refractivity contribution < 1.29 is 19.5 Å². The molecule has 118 valence electrons. The molecule has 1 aliphatic carbocycles. The lowest BCUT2D eigenvalue weighted by Gasteiger charge is -2.33. The average molecular weight is 296 g/mol. The van der Waals surface area contributed by atoms with Gasteiger partial charge in [0.25, 0.3) is 0 Å². The summed E-state index contributed by atoms with van der Waals surface area (Å²) in [7, 11) is 1.57. The highest BCUT2D eigenvalue weighted by Crippen LogP contribution is 2.40. The zero-order valence-electron chi connectivity index (χ0n) is 12.5. The van der Waals surface area contributed by atoms with Gasteiger partial charge in [-0.2, -0.15) is 0 Å². The highest BCUT2D eigenvalue weighted by molar-refractivity contribution is 5.85. The van der Waals surface area contributed by atoms with E-state index in [-0.39, 0.29) is 24.3 Å². The van der Waals surface area contributed by atoms with Crippen LogP contribution in [0.4, 0.5) is 0 Å². The maximum atomic E-state index is 12.4. The van der Waals surface area contributed by atoms with Crippen molar-refractivity contribution in [2.45, 2.75) is 63.5 Å². The maximum absolute atomic E-state index is 12.4. The van der Waals surface area contributed by atoms with Gasteiger partial charge < -0.3 is 15.3 Å². The first kappa shape index (κ1) is 15.8. The van der Waals surface area contributed by atoms with Crippen LogP contribution in [0, 0.1) is 5.92 Å². The number of likely N-dealkylation sites (tertiary alicyclic amines) is 1. The number of carbonyl (C=O) groups excluding carboxylic acids is 2. The Morgan fingerprint density at radius 3 is 2.57 bits per heavy atom. The van der Waals surface area contributed by atoms with Crippen LogP contribution in [0.1, 0.15) is 51.4 Å². The highest BCUT2D eigenvalue weighted by Gasteiger charge is 2.47. The van der Waals surface area contributed by atoms with E-state index in [2.05, 4.69) is 5.32 Å². The number of rotatable bonds is 5. The van der Waals surface area contributed by atoms with Gasteiger partial charge in [-0.1, -0.05) is 12.8 Å². The molecule has 6 nitrogen and oxygen atoms in total. The predicted octanol–water partition coefficient (Wildman–Crippen LogP) is 1.15. The lowest BCUT2D eigenvalue weighted by atomic mass is 9.84. The molecule has 1 saturated heterocycles. The Labute approximate surface area is 124 Å². The highest BCUT2D eigenvalue weighted by atomic mass is 16.4. The number of aliphatic carboxylic acids is 1. The molecular weight excluding hydrogens is 272 g/mol. The predicted molar refractivity (Wildman–Crippen MR) is 76.6 cm³/mol. The van der Waals surface area contributed by atoms with Crippen LogP contribution in [0.2, 0.25) is 0 Å². The van der Waals surface area contributed by atoms with Crippen molar-refractivity contribution in [1.82, 2.24) is 10.2 Å². The molecule has 21 heavy (non-hydrogen) atoms. The van der Waals surface area contributed by atoms with Gasteiger partial charge in [0.2, 0.25) is 11.8 Å². The Balaban J connectivity index is 1.98. The summed E-state index contributed by atoms with van der Waals surface area (Å²) in [5, 5.41) is 11.9. The zero-order valence-corrected chi connectivity index (χ0v) is 12.5. The van der Waals surface area contributed by atoms with Gasteiger partial charge in [0.05, 0.1) is 0 Å². The minimum Gasteiger partial charge on any atom is -0.480 e. The van der Waals surface area contributed by atoms with Crippen molar-refractivity contribution in [2.75, 3.05) is 7.05 Å². The van der Waals surface area contributed by atoms with E-state index in [9.17, 15) is 19.5 Å². The van der Waals surface area contributed by atoms with E-state index in [1.807, 2.05) is 0 Å². The summed E-state index contributed by atoms with van der Waals surface area (Å²) in [5.74, 6) is -0.762. The van der Waals surface area contributed by atoms with Gasteiger partial charge in [-0.05, 0) is 31.6 Å². The number of carbonyl (C=O) groups is 3. The molecule has 1 aliphatic heterocycles. The molecular formula is C15H24N2O4. The normalized spacial score (nSPS) is 28.0. The van der Waals surface area contributed by atoms with Crippen molar-refractivity contribution in [3.05, 3.63) is 0 Å². The molecule has 2 fully saturated rings. The SMILES string of the molecule is CNC(=O)CCCC(=O)N1C(C(=O)O)CC2CCCCC21. The summed E-state index contributed by atoms with van der Waals surface area (Å²) in [6.07, 6.45) is 5.75. The summed E-state index contributed by atoms with van der Waals surface area (Å²) in [5.41, 5.74) is 0. The quantitative estimate of drug-likeness (QED) is 0.796. The van der Waals surface area contributed by atoms with E-state index >= 15 is 0 Å². The number of carboxylic acid groups (broad SMARTS) is 1. The lowest BCUT2D eigenvalue weighted by Crippen LogP contribution is -2.46. The Morgan fingerprint density at radius 2 is 1.90 bits per heavy atom. The number of fused-ring (bicyclic) bond motifs is 1. The molecule has 0 aromatic heterocycles. The molecule has 0 aromatic carbocycles. The molecule has 3 atom stereocenters. The van der Waals surface area contributed by atoms with Crippen molar-refractivity contribution in [3.8, 4) is 0 Å². The zero-order chi connectivity index (χ0) is 15.4. The van der Waals surface area contributed by atoms with Gasteiger partial charge in [-0.3, -0.25) is 9.59 Å². The van der Waals surface area contributed by atoms with E-state index in [4.69, 9.17) is 0 Å². The summed E-state index contributed by atoms with van der Waals surface area (Å²) >= 11 is 0. The monoisotopic (exact) mass is 296 g/mol. The standard InChI is InChI=1S/C15H24N2O4/c1-16-13(18)7-4-8-14(19)17-11-6-3-2-5-10(11)9-12(17)15(20)21/h10-12H,2-9H2,1H3,(H,16,18)(H,20,21). The van der Waals surface area contributed by atoms with Gasteiger partial charge in [0.15, 0.2) is 0 Å². The van der Waals surface area contributed by atoms with Crippen LogP contribution in [-0.2, 0) is 14.4 Å². The minimum absolute atomic E-state index is 0.0884.